The number of hydrogen-bond acceptors (Lipinski definition) is 6. The standard InChI is InChI=1S/C14H24N4OS/c1-15-10-14(2-8-19-12-14)11-17-4-6-18(7-5-17)13-16-3-9-20-13/h3,9,15H,2,4-8,10-12H2,1H3. The molecular formula is C14H24N4OS. The van der Waals surface area contributed by atoms with Crippen molar-refractivity contribution in [1.82, 2.24) is 15.2 Å². The quantitative estimate of drug-likeness (QED) is 0.874. The molecule has 0 saturated carbocycles. The molecule has 1 N–H and O–H groups in total. The third-order valence-corrected chi connectivity index (χ3v) is 5.19. The first kappa shape index (κ1) is 14.3. The number of thiazole rings is 1. The highest BCUT2D eigenvalue weighted by molar-refractivity contribution is 7.13. The number of ether oxygens (including phenoxy) is 1. The molecule has 0 aliphatic carbocycles. The van der Waals surface area contributed by atoms with E-state index in [0.29, 0.717) is 5.41 Å². The fourth-order valence-electron chi connectivity index (χ4n) is 3.29. The molecule has 1 aromatic heterocycles. The van der Waals surface area contributed by atoms with Gasteiger partial charge in [-0.2, -0.15) is 0 Å². The second-order valence-corrected chi connectivity index (χ2v) is 6.78. The van der Waals surface area contributed by atoms with Crippen molar-refractivity contribution < 1.29 is 4.74 Å². The summed E-state index contributed by atoms with van der Waals surface area (Å²) in [5.41, 5.74) is 0.318. The average Bonchev–Trinajstić information content (AvgIpc) is 3.12. The lowest BCUT2D eigenvalue weighted by Gasteiger charge is -2.39. The Kier molecular flexibility index (Phi) is 4.55. The van der Waals surface area contributed by atoms with E-state index in [1.807, 2.05) is 13.2 Å². The SMILES string of the molecule is CNCC1(CN2CCN(c3nccs3)CC2)CCOC1. The van der Waals surface area contributed by atoms with Crippen molar-refractivity contribution in [2.45, 2.75) is 6.42 Å². The lowest BCUT2D eigenvalue weighted by molar-refractivity contribution is 0.106. The van der Waals surface area contributed by atoms with Crippen LogP contribution < -0.4 is 10.2 Å². The Bertz CT molecular complexity index is 397. The minimum absolute atomic E-state index is 0.318. The maximum Gasteiger partial charge on any atom is 0.185 e. The molecule has 2 aliphatic rings. The zero-order valence-corrected chi connectivity index (χ0v) is 13.0. The monoisotopic (exact) mass is 296 g/mol. The van der Waals surface area contributed by atoms with Crippen LogP contribution in [0.2, 0.25) is 0 Å². The number of aromatic nitrogens is 1. The van der Waals surface area contributed by atoms with Gasteiger partial charge in [0.15, 0.2) is 5.13 Å². The summed E-state index contributed by atoms with van der Waals surface area (Å²) in [6.07, 6.45) is 3.07. The fraction of sp³-hybridized carbons (Fsp3) is 0.786. The number of rotatable bonds is 5. The first-order chi connectivity index (χ1) is 9.81. The molecule has 20 heavy (non-hydrogen) atoms. The fourth-order valence-corrected chi connectivity index (χ4v) is 3.99. The van der Waals surface area contributed by atoms with Crippen molar-refractivity contribution in [3.8, 4) is 0 Å². The zero-order valence-electron chi connectivity index (χ0n) is 12.2. The number of anilines is 1. The molecule has 1 unspecified atom stereocenters. The van der Waals surface area contributed by atoms with Gasteiger partial charge in [0.1, 0.15) is 0 Å². The molecular weight excluding hydrogens is 272 g/mol. The van der Waals surface area contributed by atoms with Crippen LogP contribution in [0.3, 0.4) is 0 Å². The van der Waals surface area contributed by atoms with Gasteiger partial charge in [-0.1, -0.05) is 0 Å². The van der Waals surface area contributed by atoms with Crippen molar-refractivity contribution in [1.29, 1.82) is 0 Å². The lowest BCUT2D eigenvalue weighted by Crippen LogP contribution is -2.52. The minimum atomic E-state index is 0.318. The van der Waals surface area contributed by atoms with Crippen molar-refractivity contribution >= 4 is 16.5 Å². The van der Waals surface area contributed by atoms with Crippen molar-refractivity contribution in [2.75, 3.05) is 64.4 Å². The molecule has 2 fully saturated rings. The van der Waals surface area contributed by atoms with Gasteiger partial charge in [-0.15, -0.1) is 11.3 Å². The molecule has 1 aromatic rings. The van der Waals surface area contributed by atoms with Gasteiger partial charge in [-0.05, 0) is 13.5 Å². The van der Waals surface area contributed by atoms with Crippen LogP contribution in [-0.4, -0.2) is 69.4 Å². The molecule has 3 heterocycles. The van der Waals surface area contributed by atoms with Crippen LogP contribution in [0, 0.1) is 5.41 Å². The van der Waals surface area contributed by atoms with Gasteiger partial charge in [-0.3, -0.25) is 4.90 Å². The van der Waals surface area contributed by atoms with E-state index >= 15 is 0 Å². The van der Waals surface area contributed by atoms with Gasteiger partial charge in [0.2, 0.25) is 0 Å². The van der Waals surface area contributed by atoms with E-state index in [4.69, 9.17) is 4.74 Å². The van der Waals surface area contributed by atoms with Gasteiger partial charge in [-0.25, -0.2) is 4.98 Å². The summed E-state index contributed by atoms with van der Waals surface area (Å²) in [7, 11) is 2.04. The molecule has 5 nitrogen and oxygen atoms in total. The molecule has 0 aromatic carbocycles. The molecule has 0 amide bonds. The summed E-state index contributed by atoms with van der Waals surface area (Å²) in [4.78, 5) is 9.40. The Morgan fingerprint density at radius 3 is 2.85 bits per heavy atom. The molecule has 2 aliphatic heterocycles. The van der Waals surface area contributed by atoms with Gasteiger partial charge in [0, 0.05) is 62.9 Å². The van der Waals surface area contributed by atoms with E-state index in [0.717, 1.165) is 52.5 Å². The highest BCUT2D eigenvalue weighted by Gasteiger charge is 2.36. The van der Waals surface area contributed by atoms with Crippen molar-refractivity contribution in [3.63, 3.8) is 0 Å². The maximum absolute atomic E-state index is 5.65. The summed E-state index contributed by atoms with van der Waals surface area (Å²) >= 11 is 1.74. The summed E-state index contributed by atoms with van der Waals surface area (Å²) < 4.78 is 5.65. The number of nitrogens with one attached hydrogen (secondary N) is 1. The molecule has 0 bridgehead atoms. The van der Waals surface area contributed by atoms with Crippen molar-refractivity contribution in [2.24, 2.45) is 5.41 Å². The van der Waals surface area contributed by atoms with Gasteiger partial charge >= 0.3 is 0 Å². The maximum atomic E-state index is 5.65. The molecule has 2 saturated heterocycles. The molecule has 112 valence electrons. The highest BCUT2D eigenvalue weighted by Crippen LogP contribution is 2.30. The number of piperazine rings is 1. The van der Waals surface area contributed by atoms with E-state index in [-0.39, 0.29) is 0 Å². The largest absolute Gasteiger partial charge is 0.381 e. The van der Waals surface area contributed by atoms with Gasteiger partial charge < -0.3 is 15.0 Å². The first-order valence-corrected chi connectivity index (χ1v) is 8.28. The normalized spacial score (nSPS) is 28.1. The molecule has 0 radical (unpaired) electrons. The van der Waals surface area contributed by atoms with Crippen LogP contribution in [0.5, 0.6) is 0 Å². The van der Waals surface area contributed by atoms with Crippen LogP contribution in [-0.2, 0) is 4.74 Å². The Morgan fingerprint density at radius 1 is 1.40 bits per heavy atom. The van der Waals surface area contributed by atoms with E-state index in [1.54, 1.807) is 11.3 Å². The van der Waals surface area contributed by atoms with E-state index in [9.17, 15) is 0 Å². The number of nitrogens with zero attached hydrogens (tertiary/aromatic N) is 3. The molecule has 0 spiro atoms. The van der Waals surface area contributed by atoms with Crippen LogP contribution in [0.25, 0.3) is 0 Å². The Hall–Kier alpha value is -0.690. The number of hydrogen-bond donors (Lipinski definition) is 1. The van der Waals surface area contributed by atoms with Gasteiger partial charge in [0.25, 0.3) is 0 Å². The second kappa shape index (κ2) is 6.39. The third kappa shape index (κ3) is 3.14. The summed E-state index contributed by atoms with van der Waals surface area (Å²) in [6, 6.07) is 0. The highest BCUT2D eigenvalue weighted by atomic mass is 32.1. The summed E-state index contributed by atoms with van der Waals surface area (Å²) in [6.45, 7) is 8.46. The Balaban J connectivity index is 1.53. The van der Waals surface area contributed by atoms with E-state index in [1.165, 1.54) is 11.6 Å². The first-order valence-electron chi connectivity index (χ1n) is 7.40. The summed E-state index contributed by atoms with van der Waals surface area (Å²) in [5, 5.41) is 6.57. The second-order valence-electron chi connectivity index (χ2n) is 5.91. The van der Waals surface area contributed by atoms with E-state index < -0.39 is 0 Å². The third-order valence-electron chi connectivity index (χ3n) is 4.36. The Morgan fingerprint density at radius 2 is 2.25 bits per heavy atom. The molecule has 6 heteroatoms. The van der Waals surface area contributed by atoms with Crippen LogP contribution in [0.1, 0.15) is 6.42 Å². The van der Waals surface area contributed by atoms with E-state index in [2.05, 4.69) is 25.5 Å². The topological polar surface area (TPSA) is 40.6 Å². The predicted molar refractivity (Wildman–Crippen MR) is 82.6 cm³/mol. The predicted octanol–water partition coefficient (Wildman–Crippen LogP) is 0.891. The van der Waals surface area contributed by atoms with Gasteiger partial charge in [0.05, 0.1) is 6.61 Å². The minimum Gasteiger partial charge on any atom is -0.381 e. The van der Waals surface area contributed by atoms with Crippen LogP contribution in [0.4, 0.5) is 5.13 Å². The zero-order chi connectivity index (χ0) is 13.8. The molecule has 3 rings (SSSR count). The Labute approximate surface area is 124 Å². The smallest absolute Gasteiger partial charge is 0.185 e. The lowest BCUT2D eigenvalue weighted by atomic mass is 9.86. The summed E-state index contributed by atoms with van der Waals surface area (Å²) in [5.74, 6) is 0. The van der Waals surface area contributed by atoms with Crippen molar-refractivity contribution in [3.05, 3.63) is 11.6 Å². The van der Waals surface area contributed by atoms with Crippen LogP contribution >= 0.6 is 11.3 Å². The van der Waals surface area contributed by atoms with Crippen LogP contribution in [0.15, 0.2) is 11.6 Å². The average molecular weight is 296 g/mol. The molecule has 1 atom stereocenters.